The molecule has 0 aliphatic heterocycles. The fourth-order valence-electron chi connectivity index (χ4n) is 2.23. The van der Waals surface area contributed by atoms with E-state index in [2.05, 4.69) is 49.6 Å². The molecule has 1 heteroatoms. The largest absolute Gasteiger partial charge is 0.143 e. The molecule has 15 heavy (non-hydrogen) atoms. The Bertz CT molecular complexity index is 647. The fourth-order valence-corrected chi connectivity index (χ4v) is 3.15. The van der Waals surface area contributed by atoms with Crippen molar-refractivity contribution in [3.8, 4) is 0 Å². The van der Waals surface area contributed by atoms with E-state index in [0.29, 0.717) is 0 Å². The molecular formula is C14H12S. The lowest BCUT2D eigenvalue weighted by Crippen LogP contribution is -1.81. The van der Waals surface area contributed by atoms with Crippen molar-refractivity contribution in [1.29, 1.82) is 0 Å². The maximum Gasteiger partial charge on any atom is 0.0421 e. The van der Waals surface area contributed by atoms with E-state index >= 15 is 0 Å². The summed E-state index contributed by atoms with van der Waals surface area (Å²) in [4.78, 5) is 0. The molecule has 0 saturated heterocycles. The van der Waals surface area contributed by atoms with Crippen LogP contribution in [0.25, 0.3) is 20.9 Å². The van der Waals surface area contributed by atoms with Crippen LogP contribution < -0.4 is 0 Å². The van der Waals surface area contributed by atoms with Gasteiger partial charge in [0, 0.05) is 10.1 Å². The average molecular weight is 212 g/mol. The summed E-state index contributed by atoms with van der Waals surface area (Å²) in [5.41, 5.74) is 2.72. The van der Waals surface area contributed by atoms with Crippen LogP contribution in [0.5, 0.6) is 0 Å². The number of rotatable bonds is 0. The predicted molar refractivity (Wildman–Crippen MR) is 68.8 cm³/mol. The summed E-state index contributed by atoms with van der Waals surface area (Å²) in [6, 6.07) is 11.2. The quantitative estimate of drug-likeness (QED) is 0.508. The third-order valence-corrected chi connectivity index (χ3v) is 3.86. The zero-order valence-electron chi connectivity index (χ0n) is 8.87. The van der Waals surface area contributed by atoms with Gasteiger partial charge in [-0.2, -0.15) is 0 Å². The van der Waals surface area contributed by atoms with E-state index in [4.69, 9.17) is 0 Å². The molecule has 0 unspecified atom stereocenters. The highest BCUT2D eigenvalue weighted by molar-refractivity contribution is 7.18. The van der Waals surface area contributed by atoms with Crippen molar-refractivity contribution in [2.75, 3.05) is 0 Å². The lowest BCUT2D eigenvalue weighted by molar-refractivity contribution is 1.43. The topological polar surface area (TPSA) is 0 Å². The summed E-state index contributed by atoms with van der Waals surface area (Å²) < 4.78 is 1.42. The Morgan fingerprint density at radius 2 is 1.80 bits per heavy atom. The number of hydrogen-bond acceptors (Lipinski definition) is 1. The third kappa shape index (κ3) is 1.27. The first-order chi connectivity index (χ1) is 7.25. The molecule has 3 aromatic rings. The lowest BCUT2D eigenvalue weighted by Gasteiger charge is -2.05. The molecule has 0 atom stereocenters. The van der Waals surface area contributed by atoms with E-state index in [9.17, 15) is 0 Å². The molecule has 1 aromatic heterocycles. The second kappa shape index (κ2) is 3.07. The van der Waals surface area contributed by atoms with Crippen LogP contribution in [0.3, 0.4) is 0 Å². The number of thiophene rings is 1. The highest BCUT2D eigenvalue weighted by Crippen LogP contribution is 2.31. The zero-order chi connectivity index (χ0) is 10.4. The third-order valence-electron chi connectivity index (χ3n) is 2.90. The molecule has 0 aliphatic carbocycles. The Hall–Kier alpha value is -1.34. The first-order valence-corrected chi connectivity index (χ1v) is 6.01. The van der Waals surface area contributed by atoms with Crippen molar-refractivity contribution in [3.63, 3.8) is 0 Å². The minimum atomic E-state index is 1.35. The Labute approximate surface area is 93.2 Å². The van der Waals surface area contributed by atoms with E-state index in [1.807, 2.05) is 11.3 Å². The monoisotopic (exact) mass is 212 g/mol. The molecule has 3 rings (SSSR count). The van der Waals surface area contributed by atoms with Crippen molar-refractivity contribution in [2.45, 2.75) is 13.8 Å². The lowest BCUT2D eigenvalue weighted by atomic mass is 10.0. The predicted octanol–water partition coefficient (Wildman–Crippen LogP) is 4.67. The number of aryl methyl sites for hydroxylation is 2. The van der Waals surface area contributed by atoms with Gasteiger partial charge in [-0.15, -0.1) is 11.3 Å². The molecular weight excluding hydrogens is 200 g/mol. The van der Waals surface area contributed by atoms with Crippen LogP contribution >= 0.6 is 11.3 Å². The standard InChI is InChI=1S/C14H12S/c1-9-7-10(2)12-4-3-11-5-6-15-14(11)13(12)8-9/h3-8H,1-2H3. The average Bonchev–Trinajstić information content (AvgIpc) is 2.65. The van der Waals surface area contributed by atoms with Crippen LogP contribution in [0.15, 0.2) is 35.7 Å². The highest BCUT2D eigenvalue weighted by atomic mass is 32.1. The SMILES string of the molecule is Cc1cc(C)c2ccc3ccsc3c2c1. The molecule has 74 valence electrons. The Morgan fingerprint density at radius 3 is 2.67 bits per heavy atom. The van der Waals surface area contributed by atoms with Crippen LogP contribution in [0.1, 0.15) is 11.1 Å². The molecule has 1 heterocycles. The molecule has 0 aliphatic rings. The molecule has 0 radical (unpaired) electrons. The highest BCUT2D eigenvalue weighted by Gasteiger charge is 2.04. The Balaban J connectivity index is 2.61. The summed E-state index contributed by atoms with van der Waals surface area (Å²) in [5.74, 6) is 0. The summed E-state index contributed by atoms with van der Waals surface area (Å²) >= 11 is 1.83. The van der Waals surface area contributed by atoms with Crippen LogP contribution in [0.4, 0.5) is 0 Å². The van der Waals surface area contributed by atoms with E-state index in [1.54, 1.807) is 0 Å². The smallest absolute Gasteiger partial charge is 0.0421 e. The second-order valence-electron chi connectivity index (χ2n) is 4.08. The van der Waals surface area contributed by atoms with E-state index < -0.39 is 0 Å². The molecule has 0 nitrogen and oxygen atoms in total. The molecule has 0 bridgehead atoms. The number of benzene rings is 2. The van der Waals surface area contributed by atoms with Gasteiger partial charge >= 0.3 is 0 Å². The van der Waals surface area contributed by atoms with Gasteiger partial charge in [0.1, 0.15) is 0 Å². The summed E-state index contributed by atoms with van der Waals surface area (Å²) in [6.07, 6.45) is 0. The van der Waals surface area contributed by atoms with Crippen molar-refractivity contribution < 1.29 is 0 Å². The van der Waals surface area contributed by atoms with Gasteiger partial charge in [0.2, 0.25) is 0 Å². The first-order valence-electron chi connectivity index (χ1n) is 5.13. The van der Waals surface area contributed by atoms with E-state index in [-0.39, 0.29) is 0 Å². The van der Waals surface area contributed by atoms with Crippen LogP contribution in [0, 0.1) is 13.8 Å². The molecule has 0 fully saturated rings. The van der Waals surface area contributed by atoms with Crippen molar-refractivity contribution in [2.24, 2.45) is 0 Å². The van der Waals surface area contributed by atoms with Gasteiger partial charge in [-0.1, -0.05) is 23.8 Å². The fraction of sp³-hybridized carbons (Fsp3) is 0.143. The van der Waals surface area contributed by atoms with Gasteiger partial charge in [0.25, 0.3) is 0 Å². The summed E-state index contributed by atoms with van der Waals surface area (Å²) in [5, 5.41) is 6.31. The summed E-state index contributed by atoms with van der Waals surface area (Å²) in [6.45, 7) is 4.35. The normalized spacial score (nSPS) is 11.3. The van der Waals surface area contributed by atoms with Gasteiger partial charge in [-0.05, 0) is 47.7 Å². The first kappa shape index (κ1) is 8.93. The van der Waals surface area contributed by atoms with Crippen LogP contribution in [-0.2, 0) is 0 Å². The second-order valence-corrected chi connectivity index (χ2v) is 5.00. The minimum absolute atomic E-state index is 1.35. The molecule has 0 saturated carbocycles. The molecule has 0 N–H and O–H groups in total. The molecule has 2 aromatic carbocycles. The summed E-state index contributed by atoms with van der Waals surface area (Å²) in [7, 11) is 0. The van der Waals surface area contributed by atoms with Gasteiger partial charge in [0.05, 0.1) is 0 Å². The zero-order valence-corrected chi connectivity index (χ0v) is 9.69. The van der Waals surface area contributed by atoms with Crippen LogP contribution in [-0.4, -0.2) is 0 Å². The maximum absolute atomic E-state index is 2.29. The Kier molecular flexibility index (Phi) is 1.83. The molecule has 0 amide bonds. The minimum Gasteiger partial charge on any atom is -0.143 e. The Morgan fingerprint density at radius 1 is 0.933 bits per heavy atom. The molecule has 0 spiro atoms. The van der Waals surface area contributed by atoms with Gasteiger partial charge in [-0.25, -0.2) is 0 Å². The van der Waals surface area contributed by atoms with Crippen molar-refractivity contribution in [1.82, 2.24) is 0 Å². The van der Waals surface area contributed by atoms with Gasteiger partial charge < -0.3 is 0 Å². The van der Waals surface area contributed by atoms with E-state index in [0.717, 1.165) is 0 Å². The maximum atomic E-state index is 2.29. The van der Waals surface area contributed by atoms with Crippen molar-refractivity contribution >= 4 is 32.2 Å². The van der Waals surface area contributed by atoms with E-state index in [1.165, 1.54) is 32.0 Å². The number of fused-ring (bicyclic) bond motifs is 3. The van der Waals surface area contributed by atoms with Gasteiger partial charge in [-0.3, -0.25) is 0 Å². The van der Waals surface area contributed by atoms with Crippen LogP contribution in [0.2, 0.25) is 0 Å². The van der Waals surface area contributed by atoms with Gasteiger partial charge in [0.15, 0.2) is 0 Å². The number of hydrogen-bond donors (Lipinski definition) is 0. The van der Waals surface area contributed by atoms with Crippen molar-refractivity contribution in [3.05, 3.63) is 46.8 Å².